The van der Waals surface area contributed by atoms with E-state index in [-0.39, 0.29) is 6.04 Å². The number of benzene rings is 1. The molecular formula is C14H18N2O. The van der Waals surface area contributed by atoms with Crippen molar-refractivity contribution in [3.05, 3.63) is 29.0 Å². The highest BCUT2D eigenvalue weighted by atomic mass is 16.5. The molecule has 1 aliphatic rings. The number of fused-ring (bicyclic) bond motifs is 3. The van der Waals surface area contributed by atoms with Crippen molar-refractivity contribution in [3.63, 3.8) is 0 Å². The van der Waals surface area contributed by atoms with Crippen LogP contribution in [0.3, 0.4) is 0 Å². The monoisotopic (exact) mass is 230 g/mol. The Labute approximate surface area is 101 Å². The van der Waals surface area contributed by atoms with Gasteiger partial charge in [0.15, 0.2) is 0 Å². The SMILES string of the molecule is COc1cc(C)c2c(c1)c1c(n2C)CC(N)C1. The molecule has 0 amide bonds. The van der Waals surface area contributed by atoms with Gasteiger partial charge in [-0.25, -0.2) is 0 Å². The molecule has 2 aromatic rings. The van der Waals surface area contributed by atoms with Gasteiger partial charge in [0.1, 0.15) is 5.75 Å². The fraction of sp³-hybridized carbons (Fsp3) is 0.429. The molecule has 1 aromatic heterocycles. The smallest absolute Gasteiger partial charge is 0.119 e. The average molecular weight is 230 g/mol. The van der Waals surface area contributed by atoms with E-state index in [0.29, 0.717) is 0 Å². The van der Waals surface area contributed by atoms with E-state index in [1.807, 2.05) is 0 Å². The topological polar surface area (TPSA) is 40.2 Å². The summed E-state index contributed by atoms with van der Waals surface area (Å²) in [5.41, 5.74) is 11.5. The largest absolute Gasteiger partial charge is 0.497 e. The summed E-state index contributed by atoms with van der Waals surface area (Å²) in [6.45, 7) is 2.14. The maximum Gasteiger partial charge on any atom is 0.119 e. The van der Waals surface area contributed by atoms with Crippen LogP contribution in [0.2, 0.25) is 0 Å². The van der Waals surface area contributed by atoms with Crippen molar-refractivity contribution < 1.29 is 4.74 Å². The molecule has 0 fully saturated rings. The number of aryl methyl sites for hydroxylation is 2. The summed E-state index contributed by atoms with van der Waals surface area (Å²) in [5.74, 6) is 0.934. The maximum atomic E-state index is 6.05. The fourth-order valence-corrected chi connectivity index (χ4v) is 3.10. The van der Waals surface area contributed by atoms with E-state index in [9.17, 15) is 0 Å². The summed E-state index contributed by atoms with van der Waals surface area (Å²) in [7, 11) is 3.86. The maximum absolute atomic E-state index is 6.05. The van der Waals surface area contributed by atoms with Gasteiger partial charge in [-0.2, -0.15) is 0 Å². The molecule has 90 valence electrons. The normalized spacial score (nSPS) is 18.7. The van der Waals surface area contributed by atoms with Crippen LogP contribution in [0, 0.1) is 6.92 Å². The Morgan fingerprint density at radius 3 is 2.82 bits per heavy atom. The molecule has 0 radical (unpaired) electrons. The number of hydrogen-bond donors (Lipinski definition) is 1. The lowest BCUT2D eigenvalue weighted by Crippen LogP contribution is -2.20. The molecular weight excluding hydrogens is 212 g/mol. The molecule has 17 heavy (non-hydrogen) atoms. The third kappa shape index (κ3) is 1.39. The molecule has 1 unspecified atom stereocenters. The predicted octanol–water partition coefficient (Wildman–Crippen LogP) is 1.92. The minimum Gasteiger partial charge on any atom is -0.497 e. The van der Waals surface area contributed by atoms with Gasteiger partial charge >= 0.3 is 0 Å². The molecule has 1 aliphatic carbocycles. The highest BCUT2D eigenvalue weighted by Gasteiger charge is 2.25. The van der Waals surface area contributed by atoms with E-state index < -0.39 is 0 Å². The number of nitrogens with two attached hydrogens (primary N) is 1. The van der Waals surface area contributed by atoms with Gasteiger partial charge in [-0.15, -0.1) is 0 Å². The second kappa shape index (κ2) is 3.50. The van der Waals surface area contributed by atoms with Gasteiger partial charge in [0, 0.05) is 30.6 Å². The molecule has 0 spiro atoms. The van der Waals surface area contributed by atoms with Crippen LogP contribution in [0.15, 0.2) is 12.1 Å². The van der Waals surface area contributed by atoms with Gasteiger partial charge in [0.05, 0.1) is 12.6 Å². The van der Waals surface area contributed by atoms with E-state index in [1.54, 1.807) is 7.11 Å². The third-order valence-electron chi connectivity index (χ3n) is 3.85. The number of hydrogen-bond acceptors (Lipinski definition) is 2. The zero-order chi connectivity index (χ0) is 12.2. The van der Waals surface area contributed by atoms with Crippen LogP contribution in [0.5, 0.6) is 5.75 Å². The number of aromatic nitrogens is 1. The summed E-state index contributed by atoms with van der Waals surface area (Å²) in [4.78, 5) is 0. The molecule has 3 nitrogen and oxygen atoms in total. The van der Waals surface area contributed by atoms with Crippen LogP contribution >= 0.6 is 0 Å². The third-order valence-corrected chi connectivity index (χ3v) is 3.85. The van der Waals surface area contributed by atoms with Crippen LogP contribution in [-0.4, -0.2) is 17.7 Å². The first kappa shape index (κ1) is 10.7. The summed E-state index contributed by atoms with van der Waals surface area (Å²) >= 11 is 0. The molecule has 0 aliphatic heterocycles. The van der Waals surface area contributed by atoms with Crippen molar-refractivity contribution in [2.75, 3.05) is 7.11 Å². The first-order valence-electron chi connectivity index (χ1n) is 6.02. The van der Waals surface area contributed by atoms with E-state index >= 15 is 0 Å². The second-order valence-corrected chi connectivity index (χ2v) is 4.99. The average Bonchev–Trinajstić information content (AvgIpc) is 2.78. The van der Waals surface area contributed by atoms with Crippen molar-refractivity contribution in [1.82, 2.24) is 4.57 Å². The van der Waals surface area contributed by atoms with Crippen molar-refractivity contribution in [3.8, 4) is 5.75 Å². The highest BCUT2D eigenvalue weighted by molar-refractivity contribution is 5.90. The molecule has 1 heterocycles. The summed E-state index contributed by atoms with van der Waals surface area (Å²) in [5, 5.41) is 1.31. The predicted molar refractivity (Wildman–Crippen MR) is 69.6 cm³/mol. The zero-order valence-electron chi connectivity index (χ0n) is 10.6. The molecule has 0 saturated heterocycles. The fourth-order valence-electron chi connectivity index (χ4n) is 3.10. The number of methoxy groups -OCH3 is 1. The second-order valence-electron chi connectivity index (χ2n) is 4.99. The van der Waals surface area contributed by atoms with Crippen molar-refractivity contribution in [2.24, 2.45) is 12.8 Å². The lowest BCUT2D eigenvalue weighted by molar-refractivity contribution is 0.415. The minimum atomic E-state index is 0.280. The van der Waals surface area contributed by atoms with E-state index in [4.69, 9.17) is 10.5 Å². The standard InChI is InChI=1S/C14H18N2O/c1-8-4-10(17-3)7-12-11-5-9(15)6-13(11)16(2)14(8)12/h4,7,9H,5-6,15H2,1-3H3. The van der Waals surface area contributed by atoms with Crippen LogP contribution in [0.25, 0.3) is 10.9 Å². The van der Waals surface area contributed by atoms with Gasteiger partial charge < -0.3 is 15.0 Å². The molecule has 3 heteroatoms. The Hall–Kier alpha value is -1.48. The zero-order valence-corrected chi connectivity index (χ0v) is 10.6. The molecule has 0 bridgehead atoms. The number of ether oxygens (including phenoxy) is 1. The van der Waals surface area contributed by atoms with Crippen LogP contribution < -0.4 is 10.5 Å². The lowest BCUT2D eigenvalue weighted by Gasteiger charge is -2.08. The first-order chi connectivity index (χ1) is 8.11. The Kier molecular flexibility index (Phi) is 2.20. The van der Waals surface area contributed by atoms with Gasteiger partial charge in [-0.3, -0.25) is 0 Å². The highest BCUT2D eigenvalue weighted by Crippen LogP contribution is 2.35. The van der Waals surface area contributed by atoms with Gasteiger partial charge in [-0.05, 0) is 36.6 Å². The van der Waals surface area contributed by atoms with Gasteiger partial charge in [0.25, 0.3) is 0 Å². The van der Waals surface area contributed by atoms with Crippen LogP contribution in [-0.2, 0) is 19.9 Å². The van der Waals surface area contributed by atoms with Crippen LogP contribution in [0.4, 0.5) is 0 Å². The van der Waals surface area contributed by atoms with Gasteiger partial charge in [-0.1, -0.05) is 0 Å². The minimum absolute atomic E-state index is 0.280. The molecule has 3 rings (SSSR count). The number of rotatable bonds is 1. The van der Waals surface area contributed by atoms with E-state index in [2.05, 4.69) is 30.7 Å². The Balaban J connectivity index is 2.35. The summed E-state index contributed by atoms with van der Waals surface area (Å²) in [6, 6.07) is 4.51. The van der Waals surface area contributed by atoms with Crippen LogP contribution in [0.1, 0.15) is 16.8 Å². The molecule has 2 N–H and O–H groups in total. The summed E-state index contributed by atoms with van der Waals surface area (Å²) < 4.78 is 7.66. The van der Waals surface area contributed by atoms with Crippen molar-refractivity contribution in [2.45, 2.75) is 25.8 Å². The van der Waals surface area contributed by atoms with E-state index in [1.165, 1.54) is 27.7 Å². The van der Waals surface area contributed by atoms with Gasteiger partial charge in [0.2, 0.25) is 0 Å². The quantitative estimate of drug-likeness (QED) is 0.813. The first-order valence-corrected chi connectivity index (χ1v) is 6.02. The van der Waals surface area contributed by atoms with Crippen molar-refractivity contribution >= 4 is 10.9 Å². The van der Waals surface area contributed by atoms with Crippen molar-refractivity contribution in [1.29, 1.82) is 0 Å². The Morgan fingerprint density at radius 2 is 2.12 bits per heavy atom. The van der Waals surface area contributed by atoms with E-state index in [0.717, 1.165) is 18.6 Å². The molecule has 1 atom stereocenters. The molecule has 0 saturated carbocycles. The summed E-state index contributed by atoms with van der Waals surface area (Å²) in [6.07, 6.45) is 1.97. The molecule has 1 aromatic carbocycles. The Bertz CT molecular complexity index is 598. The Morgan fingerprint density at radius 1 is 1.35 bits per heavy atom. The number of nitrogens with zero attached hydrogens (tertiary/aromatic N) is 1. The lowest BCUT2D eigenvalue weighted by atomic mass is 10.1.